The van der Waals surface area contributed by atoms with Crippen LogP contribution in [0, 0.1) is 5.41 Å². The van der Waals surface area contributed by atoms with E-state index in [1.165, 1.54) is 199 Å². The van der Waals surface area contributed by atoms with Crippen LogP contribution < -0.4 is 6.15 Å². The van der Waals surface area contributed by atoms with E-state index in [9.17, 15) is 0 Å². The van der Waals surface area contributed by atoms with Crippen molar-refractivity contribution in [1.29, 1.82) is 0 Å². The molecule has 40 heavy (non-hydrogen) atoms. The molecule has 0 aromatic rings. The van der Waals surface area contributed by atoms with Crippen LogP contribution in [-0.2, 0) is 4.74 Å². The molecule has 1 heterocycles. The summed E-state index contributed by atoms with van der Waals surface area (Å²) in [6.07, 6.45) is 46.0. The highest BCUT2D eigenvalue weighted by molar-refractivity contribution is 5.85. The molecule has 3 heteroatoms. The number of hydrogen-bond donors (Lipinski definition) is 1. The van der Waals surface area contributed by atoms with E-state index in [1.807, 2.05) is 0 Å². The Morgan fingerprint density at radius 3 is 0.900 bits per heavy atom. The maximum atomic E-state index is 5.41. The van der Waals surface area contributed by atoms with Crippen LogP contribution in [0.5, 0.6) is 0 Å². The molecule has 1 aliphatic heterocycles. The summed E-state index contributed by atoms with van der Waals surface area (Å²) in [5.74, 6) is 0. The normalized spacial score (nSPS) is 14.6. The second kappa shape index (κ2) is 32.1. The highest BCUT2D eigenvalue weighted by Crippen LogP contribution is 2.34. The van der Waals surface area contributed by atoms with Gasteiger partial charge in [0.15, 0.2) is 0 Å². The lowest BCUT2D eigenvalue weighted by Crippen LogP contribution is -2.14. The molecule has 0 amide bonds. The SMILES string of the molecule is CCCCCCCCCCCCCCCCCCCCCCCCCCCCCCCC(C)(C)CC1CO1.Cl.N. The number of epoxide rings is 1. The zero-order valence-corrected chi connectivity index (χ0v) is 29.0. The van der Waals surface area contributed by atoms with E-state index in [2.05, 4.69) is 20.8 Å². The summed E-state index contributed by atoms with van der Waals surface area (Å²) >= 11 is 0. The lowest BCUT2D eigenvalue weighted by Gasteiger charge is -2.23. The highest BCUT2D eigenvalue weighted by Gasteiger charge is 2.30. The Balaban J connectivity index is 0. The summed E-state index contributed by atoms with van der Waals surface area (Å²) in [5, 5.41) is 0. The first-order valence-electron chi connectivity index (χ1n) is 18.3. The molecule has 1 fully saturated rings. The van der Waals surface area contributed by atoms with Crippen LogP contribution in [0.3, 0.4) is 0 Å². The van der Waals surface area contributed by atoms with Gasteiger partial charge in [-0.15, -0.1) is 12.4 Å². The van der Waals surface area contributed by atoms with Gasteiger partial charge in [0.05, 0.1) is 12.7 Å². The van der Waals surface area contributed by atoms with Gasteiger partial charge < -0.3 is 10.9 Å². The van der Waals surface area contributed by atoms with Crippen molar-refractivity contribution in [1.82, 2.24) is 6.15 Å². The fourth-order valence-corrected chi connectivity index (χ4v) is 6.35. The average Bonchev–Trinajstić information content (AvgIpc) is 3.71. The minimum absolute atomic E-state index is 0. The van der Waals surface area contributed by atoms with Gasteiger partial charge in [-0.05, 0) is 18.3 Å². The molecule has 0 aliphatic carbocycles. The Bertz CT molecular complexity index is 465. The lowest BCUT2D eigenvalue weighted by atomic mass is 9.82. The average molecular weight is 588 g/mol. The Hall–Kier alpha value is 0.210. The monoisotopic (exact) mass is 588 g/mol. The maximum Gasteiger partial charge on any atom is 0.0815 e. The molecular formula is C37H78ClNO. The molecule has 2 nitrogen and oxygen atoms in total. The predicted molar refractivity (Wildman–Crippen MR) is 185 cm³/mol. The van der Waals surface area contributed by atoms with E-state index >= 15 is 0 Å². The van der Waals surface area contributed by atoms with Crippen LogP contribution in [0.2, 0.25) is 0 Å². The van der Waals surface area contributed by atoms with E-state index in [1.54, 1.807) is 0 Å². The fraction of sp³-hybridized carbons (Fsp3) is 1.00. The summed E-state index contributed by atoms with van der Waals surface area (Å²) in [6, 6.07) is 0. The van der Waals surface area contributed by atoms with Crippen LogP contribution in [0.4, 0.5) is 0 Å². The van der Waals surface area contributed by atoms with Gasteiger partial charge in [-0.3, -0.25) is 0 Å². The zero-order chi connectivity index (χ0) is 27.4. The van der Waals surface area contributed by atoms with Crippen LogP contribution in [0.25, 0.3) is 0 Å². The van der Waals surface area contributed by atoms with Crippen molar-refractivity contribution >= 4 is 12.4 Å². The van der Waals surface area contributed by atoms with Crippen molar-refractivity contribution < 1.29 is 4.74 Å². The lowest BCUT2D eigenvalue weighted by molar-refractivity contribution is 0.251. The Morgan fingerprint density at radius 1 is 0.450 bits per heavy atom. The van der Waals surface area contributed by atoms with Gasteiger partial charge in [-0.2, -0.15) is 0 Å². The van der Waals surface area contributed by atoms with Crippen molar-refractivity contribution in [2.75, 3.05) is 6.61 Å². The summed E-state index contributed by atoms with van der Waals surface area (Å²) in [4.78, 5) is 0. The minimum atomic E-state index is 0. The molecule has 0 bridgehead atoms. The van der Waals surface area contributed by atoms with Crippen LogP contribution in [-0.4, -0.2) is 12.7 Å². The molecule has 1 atom stereocenters. The number of ether oxygens (including phenoxy) is 1. The Labute approximate surface area is 260 Å². The van der Waals surface area contributed by atoms with Gasteiger partial charge in [0.1, 0.15) is 0 Å². The van der Waals surface area contributed by atoms with E-state index in [-0.39, 0.29) is 18.6 Å². The third-order valence-electron chi connectivity index (χ3n) is 9.14. The van der Waals surface area contributed by atoms with E-state index < -0.39 is 0 Å². The van der Waals surface area contributed by atoms with Gasteiger partial charge in [-0.25, -0.2) is 0 Å². The van der Waals surface area contributed by atoms with E-state index in [0.717, 1.165) is 6.61 Å². The summed E-state index contributed by atoms with van der Waals surface area (Å²) in [7, 11) is 0. The Kier molecular flexibility index (Phi) is 34.0. The predicted octanol–water partition coefficient (Wildman–Crippen LogP) is 14.1. The highest BCUT2D eigenvalue weighted by atomic mass is 35.5. The third kappa shape index (κ3) is 32.7. The molecule has 1 aliphatic rings. The molecule has 0 radical (unpaired) electrons. The number of hydrogen-bond acceptors (Lipinski definition) is 2. The molecule has 1 rings (SSSR count). The fourth-order valence-electron chi connectivity index (χ4n) is 6.35. The summed E-state index contributed by atoms with van der Waals surface area (Å²) in [5.41, 5.74) is 0.493. The number of unbranched alkanes of at least 4 members (excludes halogenated alkanes) is 28. The van der Waals surface area contributed by atoms with Gasteiger partial charge >= 0.3 is 0 Å². The second-order valence-electron chi connectivity index (χ2n) is 14.0. The second-order valence-corrected chi connectivity index (χ2v) is 14.0. The summed E-state index contributed by atoms with van der Waals surface area (Å²) < 4.78 is 5.41. The topological polar surface area (TPSA) is 47.5 Å². The van der Waals surface area contributed by atoms with Crippen molar-refractivity contribution in [3.8, 4) is 0 Å². The van der Waals surface area contributed by atoms with Crippen LogP contribution in [0.15, 0.2) is 0 Å². The van der Waals surface area contributed by atoms with Crippen LogP contribution >= 0.6 is 12.4 Å². The molecule has 0 saturated carbocycles. The molecule has 244 valence electrons. The Morgan fingerprint density at radius 2 is 0.675 bits per heavy atom. The number of halogens is 1. The summed E-state index contributed by atoms with van der Waals surface area (Å²) in [6.45, 7) is 8.18. The van der Waals surface area contributed by atoms with Crippen molar-refractivity contribution in [2.45, 2.75) is 226 Å². The molecular weight excluding hydrogens is 510 g/mol. The van der Waals surface area contributed by atoms with Crippen LogP contribution in [0.1, 0.15) is 220 Å². The third-order valence-corrected chi connectivity index (χ3v) is 9.14. The zero-order valence-electron chi connectivity index (χ0n) is 28.2. The smallest absolute Gasteiger partial charge is 0.0815 e. The standard InChI is InChI=1S/C37H74O.ClH.H3N/c1-4-5-6-7-8-9-10-11-12-13-14-15-16-17-18-19-20-21-22-23-24-25-26-27-28-29-30-31-32-33-37(2,3)34-36-35-38-36;;/h36H,4-35H2,1-3H3;1H;1H3. The number of rotatable bonds is 32. The van der Waals surface area contributed by atoms with Crippen molar-refractivity contribution in [3.63, 3.8) is 0 Å². The maximum absolute atomic E-state index is 5.41. The minimum Gasteiger partial charge on any atom is -0.373 e. The largest absolute Gasteiger partial charge is 0.373 e. The van der Waals surface area contributed by atoms with E-state index in [0.29, 0.717) is 11.5 Å². The molecule has 1 saturated heterocycles. The van der Waals surface area contributed by atoms with Gasteiger partial charge in [-0.1, -0.05) is 207 Å². The van der Waals surface area contributed by atoms with Gasteiger partial charge in [0.2, 0.25) is 0 Å². The first-order chi connectivity index (χ1) is 18.6. The van der Waals surface area contributed by atoms with E-state index in [4.69, 9.17) is 4.74 Å². The van der Waals surface area contributed by atoms with Crippen molar-refractivity contribution in [2.24, 2.45) is 5.41 Å². The first-order valence-corrected chi connectivity index (χ1v) is 18.3. The molecule has 0 aromatic heterocycles. The molecule has 0 spiro atoms. The van der Waals surface area contributed by atoms with Gasteiger partial charge in [0.25, 0.3) is 0 Å². The quantitative estimate of drug-likeness (QED) is 0.0628. The molecule has 1 unspecified atom stereocenters. The molecule has 0 aromatic carbocycles. The van der Waals surface area contributed by atoms with Crippen molar-refractivity contribution in [3.05, 3.63) is 0 Å². The molecule has 3 N–H and O–H groups in total. The first kappa shape index (κ1) is 42.3. The van der Waals surface area contributed by atoms with Gasteiger partial charge in [0, 0.05) is 0 Å².